The molecule has 0 spiro atoms. The van der Waals surface area contributed by atoms with Gasteiger partial charge in [0.25, 0.3) is 0 Å². The van der Waals surface area contributed by atoms with Crippen molar-refractivity contribution < 1.29 is 9.59 Å². The van der Waals surface area contributed by atoms with Crippen molar-refractivity contribution in [3.8, 4) is 0 Å². The van der Waals surface area contributed by atoms with Crippen molar-refractivity contribution >= 4 is 33.8 Å². The van der Waals surface area contributed by atoms with Crippen LogP contribution < -0.4 is 10.6 Å². The SMILES string of the molecule is CC1CCC(C(N)=O)CN1c1ccc(Br)cc1C=O. The Kier molecular flexibility index (Phi) is 4.24. The van der Waals surface area contributed by atoms with Gasteiger partial charge in [-0.2, -0.15) is 0 Å². The van der Waals surface area contributed by atoms with Gasteiger partial charge in [0, 0.05) is 28.3 Å². The molecule has 1 heterocycles. The maximum atomic E-state index is 11.4. The second-order valence-corrected chi connectivity index (χ2v) is 5.91. The Morgan fingerprint density at radius 2 is 2.21 bits per heavy atom. The highest BCUT2D eigenvalue weighted by molar-refractivity contribution is 9.10. The quantitative estimate of drug-likeness (QED) is 0.868. The highest BCUT2D eigenvalue weighted by Gasteiger charge is 2.29. The predicted octanol–water partition coefficient (Wildman–Crippen LogP) is 2.35. The third-order valence-corrected chi connectivity index (χ3v) is 4.20. The van der Waals surface area contributed by atoms with Gasteiger partial charge >= 0.3 is 0 Å². The zero-order chi connectivity index (χ0) is 14.0. The van der Waals surface area contributed by atoms with E-state index in [2.05, 4.69) is 27.8 Å². The number of piperidine rings is 1. The molecule has 1 fully saturated rings. The molecule has 0 saturated carbocycles. The second-order valence-electron chi connectivity index (χ2n) is 5.00. The zero-order valence-corrected chi connectivity index (χ0v) is 12.4. The Bertz CT molecular complexity index is 504. The molecular weight excluding hydrogens is 308 g/mol. The van der Waals surface area contributed by atoms with Gasteiger partial charge in [-0.1, -0.05) is 15.9 Å². The van der Waals surface area contributed by atoms with Crippen molar-refractivity contribution in [2.45, 2.75) is 25.8 Å². The fourth-order valence-corrected chi connectivity index (χ4v) is 2.94. The van der Waals surface area contributed by atoms with Gasteiger partial charge in [0.05, 0.1) is 5.92 Å². The van der Waals surface area contributed by atoms with Gasteiger partial charge in [-0.05, 0) is 38.0 Å². The topological polar surface area (TPSA) is 63.4 Å². The van der Waals surface area contributed by atoms with E-state index in [0.29, 0.717) is 18.2 Å². The van der Waals surface area contributed by atoms with Crippen LogP contribution in [-0.2, 0) is 4.79 Å². The van der Waals surface area contributed by atoms with E-state index in [1.807, 2.05) is 12.1 Å². The number of nitrogens with zero attached hydrogens (tertiary/aromatic N) is 1. The lowest BCUT2D eigenvalue weighted by atomic mass is 9.92. The molecule has 0 radical (unpaired) electrons. The fraction of sp³-hybridized carbons (Fsp3) is 0.429. The number of carbonyl (C=O) groups excluding carboxylic acids is 2. The molecule has 102 valence electrons. The predicted molar refractivity (Wildman–Crippen MR) is 78.3 cm³/mol. The molecule has 1 aliphatic rings. The number of anilines is 1. The van der Waals surface area contributed by atoms with Crippen LogP contribution >= 0.6 is 15.9 Å². The normalized spacial score (nSPS) is 23.2. The number of benzene rings is 1. The van der Waals surface area contributed by atoms with Crippen molar-refractivity contribution in [1.82, 2.24) is 0 Å². The molecule has 5 heteroatoms. The summed E-state index contributed by atoms with van der Waals surface area (Å²) in [7, 11) is 0. The molecule has 0 aromatic heterocycles. The summed E-state index contributed by atoms with van der Waals surface area (Å²) in [5, 5.41) is 0. The number of hydrogen-bond acceptors (Lipinski definition) is 3. The van der Waals surface area contributed by atoms with E-state index >= 15 is 0 Å². The Labute approximate surface area is 121 Å². The van der Waals surface area contributed by atoms with Crippen molar-refractivity contribution in [2.24, 2.45) is 11.7 Å². The number of carbonyl (C=O) groups is 2. The molecule has 1 aromatic carbocycles. The van der Waals surface area contributed by atoms with Crippen LogP contribution in [0.5, 0.6) is 0 Å². The first-order chi connectivity index (χ1) is 9.02. The minimum atomic E-state index is -0.262. The van der Waals surface area contributed by atoms with Gasteiger partial charge < -0.3 is 10.6 Å². The summed E-state index contributed by atoms with van der Waals surface area (Å²) in [6.07, 6.45) is 2.57. The molecule has 1 amide bonds. The minimum Gasteiger partial charge on any atom is -0.369 e. The lowest BCUT2D eigenvalue weighted by Gasteiger charge is -2.39. The average molecular weight is 325 g/mol. The molecule has 1 aliphatic heterocycles. The van der Waals surface area contributed by atoms with Crippen LogP contribution in [-0.4, -0.2) is 24.8 Å². The number of hydrogen-bond donors (Lipinski definition) is 1. The first-order valence-electron chi connectivity index (χ1n) is 6.33. The van der Waals surface area contributed by atoms with Crippen LogP contribution in [0.2, 0.25) is 0 Å². The zero-order valence-electron chi connectivity index (χ0n) is 10.8. The van der Waals surface area contributed by atoms with Crippen LogP contribution in [0.1, 0.15) is 30.1 Å². The van der Waals surface area contributed by atoms with E-state index in [9.17, 15) is 9.59 Å². The third kappa shape index (κ3) is 2.97. The molecule has 19 heavy (non-hydrogen) atoms. The van der Waals surface area contributed by atoms with Crippen LogP contribution in [0.3, 0.4) is 0 Å². The van der Waals surface area contributed by atoms with Gasteiger partial charge in [0.2, 0.25) is 5.91 Å². The number of halogens is 1. The van der Waals surface area contributed by atoms with Crippen molar-refractivity contribution in [3.05, 3.63) is 28.2 Å². The average Bonchev–Trinajstić information content (AvgIpc) is 2.39. The van der Waals surface area contributed by atoms with E-state index < -0.39 is 0 Å². The summed E-state index contributed by atoms with van der Waals surface area (Å²) >= 11 is 3.36. The van der Waals surface area contributed by atoms with Crippen LogP contribution in [0.4, 0.5) is 5.69 Å². The number of rotatable bonds is 3. The van der Waals surface area contributed by atoms with Gasteiger partial charge in [0.15, 0.2) is 6.29 Å². The Balaban J connectivity index is 2.33. The monoisotopic (exact) mass is 324 g/mol. The van der Waals surface area contributed by atoms with Gasteiger partial charge in [-0.25, -0.2) is 0 Å². The van der Waals surface area contributed by atoms with Crippen molar-refractivity contribution in [2.75, 3.05) is 11.4 Å². The summed E-state index contributed by atoms with van der Waals surface area (Å²) in [5.41, 5.74) is 6.91. The van der Waals surface area contributed by atoms with Crippen LogP contribution in [0.25, 0.3) is 0 Å². The summed E-state index contributed by atoms with van der Waals surface area (Å²) in [5.74, 6) is -0.402. The molecule has 0 bridgehead atoms. The number of amides is 1. The Hall–Kier alpha value is -1.36. The Morgan fingerprint density at radius 3 is 2.84 bits per heavy atom. The first kappa shape index (κ1) is 14.1. The summed E-state index contributed by atoms with van der Waals surface area (Å²) in [4.78, 5) is 24.7. The molecule has 2 atom stereocenters. The van der Waals surface area contributed by atoms with Crippen LogP contribution in [0, 0.1) is 5.92 Å². The van der Waals surface area contributed by atoms with E-state index in [1.165, 1.54) is 0 Å². The van der Waals surface area contributed by atoms with E-state index in [0.717, 1.165) is 29.3 Å². The summed E-state index contributed by atoms with van der Waals surface area (Å²) < 4.78 is 0.870. The van der Waals surface area contributed by atoms with Crippen LogP contribution in [0.15, 0.2) is 22.7 Å². The van der Waals surface area contributed by atoms with Gasteiger partial charge in [-0.15, -0.1) is 0 Å². The summed E-state index contributed by atoms with van der Waals surface area (Å²) in [6, 6.07) is 5.91. The lowest BCUT2D eigenvalue weighted by molar-refractivity contribution is -0.122. The van der Waals surface area contributed by atoms with E-state index in [-0.39, 0.29) is 11.8 Å². The highest BCUT2D eigenvalue weighted by Crippen LogP contribution is 2.31. The lowest BCUT2D eigenvalue weighted by Crippen LogP contribution is -2.46. The molecule has 1 aromatic rings. The highest BCUT2D eigenvalue weighted by atomic mass is 79.9. The molecule has 0 aliphatic carbocycles. The smallest absolute Gasteiger partial charge is 0.222 e. The first-order valence-corrected chi connectivity index (χ1v) is 7.13. The maximum Gasteiger partial charge on any atom is 0.222 e. The molecule has 2 rings (SSSR count). The minimum absolute atomic E-state index is 0.139. The summed E-state index contributed by atoms with van der Waals surface area (Å²) in [6.45, 7) is 2.69. The molecule has 4 nitrogen and oxygen atoms in total. The van der Waals surface area contributed by atoms with Crippen molar-refractivity contribution in [3.63, 3.8) is 0 Å². The second kappa shape index (κ2) is 5.74. The standard InChI is InChI=1S/C14H17BrN2O2/c1-9-2-3-10(14(16)19)7-17(9)13-5-4-12(15)6-11(13)8-18/h4-6,8-10H,2-3,7H2,1H3,(H2,16,19). The largest absolute Gasteiger partial charge is 0.369 e. The fourth-order valence-electron chi connectivity index (χ4n) is 2.56. The molecule has 2 unspecified atom stereocenters. The molecular formula is C14H17BrN2O2. The number of aldehydes is 1. The maximum absolute atomic E-state index is 11.4. The van der Waals surface area contributed by atoms with E-state index in [1.54, 1.807) is 6.07 Å². The number of nitrogens with two attached hydrogens (primary N) is 1. The third-order valence-electron chi connectivity index (χ3n) is 3.71. The number of primary amides is 1. The van der Waals surface area contributed by atoms with Gasteiger partial charge in [-0.3, -0.25) is 9.59 Å². The molecule has 1 saturated heterocycles. The van der Waals surface area contributed by atoms with Crippen molar-refractivity contribution in [1.29, 1.82) is 0 Å². The van der Waals surface area contributed by atoms with E-state index in [4.69, 9.17) is 5.73 Å². The van der Waals surface area contributed by atoms with Gasteiger partial charge in [0.1, 0.15) is 0 Å². The Morgan fingerprint density at radius 1 is 1.47 bits per heavy atom. The molecule has 2 N–H and O–H groups in total.